The van der Waals surface area contributed by atoms with Crippen molar-refractivity contribution in [2.75, 3.05) is 0 Å². The fourth-order valence-corrected chi connectivity index (χ4v) is 4.46. The summed E-state index contributed by atoms with van der Waals surface area (Å²) in [7, 11) is 0. The summed E-state index contributed by atoms with van der Waals surface area (Å²) in [6, 6.07) is 8.64. The number of halogens is 1. The molecule has 3 heterocycles. The number of ether oxygens (including phenoxy) is 2. The van der Waals surface area contributed by atoms with Crippen molar-refractivity contribution in [2.24, 2.45) is 5.73 Å². The average molecular weight is 507 g/mol. The van der Waals surface area contributed by atoms with Crippen LogP contribution in [-0.2, 0) is 11.3 Å². The third kappa shape index (κ3) is 4.31. The lowest BCUT2D eigenvalue weighted by Gasteiger charge is -2.11. The van der Waals surface area contributed by atoms with Gasteiger partial charge in [0.05, 0.1) is 22.5 Å². The van der Waals surface area contributed by atoms with E-state index in [0.29, 0.717) is 44.9 Å². The van der Waals surface area contributed by atoms with Gasteiger partial charge in [0.1, 0.15) is 40.8 Å². The van der Waals surface area contributed by atoms with Gasteiger partial charge in [0.25, 0.3) is 0 Å². The SMILES string of the molecule is Cc1noc(C)c1-c1cc2oc(-c3ccc(F)cc3)c(C(=O)OC(N)=O)c2cc1OCc1cscn1. The van der Waals surface area contributed by atoms with E-state index in [-0.39, 0.29) is 17.9 Å². The number of hydrogen-bond donors (Lipinski definition) is 1. The third-order valence-electron chi connectivity index (χ3n) is 5.46. The molecule has 11 heteroatoms. The molecule has 5 aromatic rings. The Labute approximate surface area is 207 Å². The predicted octanol–water partition coefficient (Wildman–Crippen LogP) is 5.78. The van der Waals surface area contributed by atoms with Crippen LogP contribution in [0.4, 0.5) is 9.18 Å². The number of rotatable bonds is 6. The summed E-state index contributed by atoms with van der Waals surface area (Å²) < 4.78 is 35.8. The second kappa shape index (κ2) is 9.27. The maximum absolute atomic E-state index is 13.6. The molecule has 182 valence electrons. The van der Waals surface area contributed by atoms with Gasteiger partial charge in [-0.05, 0) is 50.2 Å². The number of aryl methyl sites for hydroxylation is 2. The first-order valence-electron chi connectivity index (χ1n) is 10.6. The van der Waals surface area contributed by atoms with Crippen LogP contribution >= 0.6 is 11.3 Å². The van der Waals surface area contributed by atoms with E-state index in [9.17, 15) is 14.0 Å². The van der Waals surface area contributed by atoms with Crippen LogP contribution in [0, 0.1) is 19.7 Å². The second-order valence-corrected chi connectivity index (χ2v) is 8.55. The van der Waals surface area contributed by atoms with Gasteiger partial charge < -0.3 is 24.1 Å². The molecule has 0 radical (unpaired) electrons. The monoisotopic (exact) mass is 507 g/mol. The molecule has 3 aromatic heterocycles. The van der Waals surface area contributed by atoms with Crippen molar-refractivity contribution in [3.8, 4) is 28.2 Å². The molecule has 0 aliphatic heterocycles. The molecule has 0 atom stereocenters. The highest BCUT2D eigenvalue weighted by Crippen LogP contribution is 2.42. The number of carbonyl (C=O) groups is 2. The summed E-state index contributed by atoms with van der Waals surface area (Å²) in [6.07, 6.45) is -1.27. The van der Waals surface area contributed by atoms with Gasteiger partial charge in [0.2, 0.25) is 0 Å². The third-order valence-corrected chi connectivity index (χ3v) is 6.09. The maximum atomic E-state index is 13.6. The van der Waals surface area contributed by atoms with Crippen LogP contribution in [0.25, 0.3) is 33.4 Å². The summed E-state index contributed by atoms with van der Waals surface area (Å²) in [5, 5.41) is 6.20. The Morgan fingerprint density at radius 2 is 1.94 bits per heavy atom. The molecule has 2 aromatic carbocycles. The summed E-state index contributed by atoms with van der Waals surface area (Å²) in [5.74, 6) is -0.447. The lowest BCUT2D eigenvalue weighted by atomic mass is 9.99. The quantitative estimate of drug-likeness (QED) is 0.226. The van der Waals surface area contributed by atoms with E-state index < -0.39 is 17.9 Å². The fraction of sp³-hybridized carbons (Fsp3) is 0.120. The van der Waals surface area contributed by atoms with Crippen LogP contribution in [0.2, 0.25) is 0 Å². The van der Waals surface area contributed by atoms with Crippen molar-refractivity contribution in [2.45, 2.75) is 20.5 Å². The number of benzene rings is 2. The smallest absolute Gasteiger partial charge is 0.412 e. The van der Waals surface area contributed by atoms with Crippen LogP contribution < -0.4 is 10.5 Å². The molecule has 0 saturated heterocycles. The first kappa shape index (κ1) is 23.2. The molecule has 0 saturated carbocycles. The van der Waals surface area contributed by atoms with E-state index in [1.165, 1.54) is 35.6 Å². The van der Waals surface area contributed by atoms with Crippen molar-refractivity contribution in [3.63, 3.8) is 0 Å². The predicted molar refractivity (Wildman–Crippen MR) is 128 cm³/mol. The number of hydrogen-bond acceptors (Lipinski definition) is 9. The van der Waals surface area contributed by atoms with Gasteiger partial charge in [-0.2, -0.15) is 0 Å². The van der Waals surface area contributed by atoms with Crippen LogP contribution in [0.1, 0.15) is 27.5 Å². The van der Waals surface area contributed by atoms with E-state index >= 15 is 0 Å². The zero-order valence-corrected chi connectivity index (χ0v) is 19.8. The highest BCUT2D eigenvalue weighted by Gasteiger charge is 2.28. The summed E-state index contributed by atoms with van der Waals surface area (Å²) in [6.45, 7) is 3.72. The Morgan fingerprint density at radius 3 is 2.58 bits per heavy atom. The van der Waals surface area contributed by atoms with E-state index in [4.69, 9.17) is 19.4 Å². The lowest BCUT2D eigenvalue weighted by molar-refractivity contribution is 0.0640. The number of primary amides is 1. The topological polar surface area (TPSA) is 131 Å². The molecule has 5 rings (SSSR count). The summed E-state index contributed by atoms with van der Waals surface area (Å²) in [4.78, 5) is 28.5. The van der Waals surface area contributed by atoms with Gasteiger partial charge in [-0.3, -0.25) is 0 Å². The number of carbonyl (C=O) groups excluding carboxylic acids is 2. The summed E-state index contributed by atoms with van der Waals surface area (Å²) in [5.41, 5.74) is 10.1. The second-order valence-electron chi connectivity index (χ2n) is 7.83. The minimum atomic E-state index is -1.27. The number of thiazole rings is 1. The van der Waals surface area contributed by atoms with Gasteiger partial charge in [-0.25, -0.2) is 19.0 Å². The van der Waals surface area contributed by atoms with Crippen molar-refractivity contribution in [3.05, 3.63) is 75.8 Å². The van der Waals surface area contributed by atoms with Crippen molar-refractivity contribution >= 4 is 34.4 Å². The van der Waals surface area contributed by atoms with Crippen LogP contribution in [-0.4, -0.2) is 22.2 Å². The number of esters is 1. The zero-order chi connectivity index (χ0) is 25.4. The average Bonchev–Trinajstić information content (AvgIpc) is 3.56. The molecular weight excluding hydrogens is 489 g/mol. The maximum Gasteiger partial charge on any atom is 0.412 e. The Morgan fingerprint density at radius 1 is 1.17 bits per heavy atom. The molecule has 36 heavy (non-hydrogen) atoms. The Hall–Kier alpha value is -4.51. The van der Waals surface area contributed by atoms with Crippen molar-refractivity contribution < 1.29 is 32.4 Å². The number of furan rings is 1. The van der Waals surface area contributed by atoms with Crippen LogP contribution in [0.5, 0.6) is 5.75 Å². The number of fused-ring (bicyclic) bond motifs is 1. The largest absolute Gasteiger partial charge is 0.487 e. The van der Waals surface area contributed by atoms with Gasteiger partial charge in [-0.1, -0.05) is 5.16 Å². The molecule has 0 spiro atoms. The van der Waals surface area contributed by atoms with Gasteiger partial charge in [-0.15, -0.1) is 11.3 Å². The molecule has 0 aliphatic carbocycles. The molecule has 0 aliphatic rings. The number of nitrogens with zero attached hydrogens (tertiary/aromatic N) is 2. The van der Waals surface area contributed by atoms with Crippen LogP contribution in [0.3, 0.4) is 0 Å². The Balaban J connectivity index is 1.74. The van der Waals surface area contributed by atoms with E-state index in [2.05, 4.69) is 14.9 Å². The zero-order valence-electron chi connectivity index (χ0n) is 19.0. The molecular formula is C25H18FN3O6S. The first-order valence-corrected chi connectivity index (χ1v) is 11.6. The highest BCUT2D eigenvalue weighted by atomic mass is 32.1. The highest BCUT2D eigenvalue weighted by molar-refractivity contribution is 7.07. The van der Waals surface area contributed by atoms with Gasteiger partial charge >= 0.3 is 12.1 Å². The summed E-state index contributed by atoms with van der Waals surface area (Å²) >= 11 is 1.44. The van der Waals surface area contributed by atoms with E-state index in [0.717, 1.165) is 5.69 Å². The lowest BCUT2D eigenvalue weighted by Crippen LogP contribution is -2.18. The molecule has 0 unspecified atom stereocenters. The normalized spacial score (nSPS) is 11.1. The standard InChI is InChI=1S/C25H18FN3O6S/c1-12-21(13(2)35-29-12)17-8-20-18(7-19(17)32-9-16-10-36-11-28-16)22(24(30)34-25(27)31)23(33-20)14-3-5-15(26)6-4-14/h3-8,10-11H,9H2,1-2H3,(H2,27,31). The molecule has 0 bridgehead atoms. The molecule has 1 amide bonds. The molecule has 0 fully saturated rings. The van der Waals surface area contributed by atoms with Crippen molar-refractivity contribution in [1.82, 2.24) is 10.1 Å². The Bertz CT molecular complexity index is 1570. The Kier molecular flexibility index (Phi) is 5.98. The number of nitrogens with two attached hydrogens (primary N) is 1. The fourth-order valence-electron chi connectivity index (χ4n) is 3.92. The number of amides is 1. The van der Waals surface area contributed by atoms with Gasteiger partial charge in [0.15, 0.2) is 0 Å². The first-order chi connectivity index (χ1) is 17.3. The van der Waals surface area contributed by atoms with E-state index in [1.807, 2.05) is 5.38 Å². The minimum absolute atomic E-state index is 0.0563. The van der Waals surface area contributed by atoms with Crippen molar-refractivity contribution in [1.29, 1.82) is 0 Å². The number of aromatic nitrogens is 2. The van der Waals surface area contributed by atoms with Crippen LogP contribution in [0.15, 0.2) is 56.2 Å². The van der Waals surface area contributed by atoms with E-state index in [1.54, 1.807) is 31.5 Å². The molecule has 2 N–H and O–H groups in total. The van der Waals surface area contributed by atoms with Gasteiger partial charge in [0, 0.05) is 21.9 Å². The minimum Gasteiger partial charge on any atom is -0.487 e. The molecule has 9 nitrogen and oxygen atoms in total.